The number of hydrogen-bond donors (Lipinski definition) is 0. The van der Waals surface area contributed by atoms with E-state index in [1.54, 1.807) is 18.2 Å². The van der Waals surface area contributed by atoms with Gasteiger partial charge in [-0.25, -0.2) is 4.79 Å². The smallest absolute Gasteiger partial charge is 0.374 e. The van der Waals surface area contributed by atoms with Gasteiger partial charge in [0.2, 0.25) is 12.6 Å². The molecule has 100 valence electrons. The Kier molecular flexibility index (Phi) is 3.70. The van der Waals surface area contributed by atoms with Gasteiger partial charge < -0.3 is 18.9 Å². The number of carbonyl (C=O) groups is 2. The summed E-state index contributed by atoms with van der Waals surface area (Å²) in [7, 11) is 1.21. The van der Waals surface area contributed by atoms with Crippen LogP contribution in [0.5, 0.6) is 11.5 Å². The van der Waals surface area contributed by atoms with Crippen LogP contribution in [-0.4, -0.2) is 25.8 Å². The first-order valence-electron chi connectivity index (χ1n) is 5.48. The Bertz CT molecular complexity index is 546. The highest BCUT2D eigenvalue weighted by molar-refractivity contribution is 5.94. The summed E-state index contributed by atoms with van der Waals surface area (Å²) in [6.45, 7) is 1.37. The second-order valence-electron chi connectivity index (χ2n) is 3.71. The number of esters is 2. The van der Waals surface area contributed by atoms with Crippen molar-refractivity contribution in [3.8, 4) is 11.5 Å². The van der Waals surface area contributed by atoms with Gasteiger partial charge in [0.15, 0.2) is 11.5 Å². The van der Waals surface area contributed by atoms with Crippen molar-refractivity contribution in [3.05, 3.63) is 29.5 Å². The number of ether oxygens (including phenoxy) is 4. The van der Waals surface area contributed by atoms with E-state index in [0.717, 1.165) is 0 Å². The number of carbonyl (C=O) groups excluding carboxylic acids is 2. The van der Waals surface area contributed by atoms with Crippen LogP contribution in [0.2, 0.25) is 0 Å². The maximum absolute atomic E-state index is 11.5. The minimum atomic E-state index is -0.729. The van der Waals surface area contributed by atoms with Gasteiger partial charge in [-0.05, 0) is 23.8 Å². The van der Waals surface area contributed by atoms with Crippen LogP contribution in [0.25, 0.3) is 6.08 Å². The molecule has 0 unspecified atom stereocenters. The summed E-state index contributed by atoms with van der Waals surface area (Å²) in [6.07, 6.45) is 1.40. The topological polar surface area (TPSA) is 71.1 Å². The highest BCUT2D eigenvalue weighted by Gasteiger charge is 2.16. The third-order valence-corrected chi connectivity index (χ3v) is 2.33. The molecule has 6 nitrogen and oxygen atoms in total. The maximum atomic E-state index is 11.5. The van der Waals surface area contributed by atoms with Crippen LogP contribution in [0.4, 0.5) is 0 Å². The van der Waals surface area contributed by atoms with Crippen molar-refractivity contribution in [3.63, 3.8) is 0 Å². The number of rotatable bonds is 3. The molecule has 0 saturated heterocycles. The Labute approximate surface area is 109 Å². The Morgan fingerprint density at radius 1 is 1.26 bits per heavy atom. The Morgan fingerprint density at radius 3 is 2.68 bits per heavy atom. The minimum absolute atomic E-state index is 0.163. The Hall–Kier alpha value is -2.50. The number of hydrogen-bond acceptors (Lipinski definition) is 6. The first kappa shape index (κ1) is 12.9. The van der Waals surface area contributed by atoms with E-state index in [2.05, 4.69) is 4.74 Å². The lowest BCUT2D eigenvalue weighted by molar-refractivity contribution is -0.148. The Balaban J connectivity index is 2.29. The zero-order chi connectivity index (χ0) is 13.8. The summed E-state index contributed by atoms with van der Waals surface area (Å²) in [6, 6.07) is 5.09. The van der Waals surface area contributed by atoms with Crippen molar-refractivity contribution < 1.29 is 28.5 Å². The zero-order valence-electron chi connectivity index (χ0n) is 10.5. The fourth-order valence-corrected chi connectivity index (χ4v) is 1.54. The molecule has 0 N–H and O–H groups in total. The van der Waals surface area contributed by atoms with Gasteiger partial charge in [0.25, 0.3) is 0 Å². The van der Waals surface area contributed by atoms with E-state index in [1.807, 2.05) is 0 Å². The lowest BCUT2D eigenvalue weighted by Crippen LogP contribution is -2.10. The van der Waals surface area contributed by atoms with E-state index in [9.17, 15) is 9.59 Å². The highest BCUT2D eigenvalue weighted by atomic mass is 16.7. The van der Waals surface area contributed by atoms with E-state index in [1.165, 1.54) is 20.1 Å². The molecule has 1 aliphatic heterocycles. The van der Waals surface area contributed by atoms with E-state index < -0.39 is 11.9 Å². The van der Waals surface area contributed by atoms with E-state index >= 15 is 0 Å². The molecule has 0 atom stereocenters. The molecule has 0 aromatic heterocycles. The predicted octanol–water partition coefficient (Wildman–Crippen LogP) is 1.49. The van der Waals surface area contributed by atoms with Gasteiger partial charge in [0, 0.05) is 6.92 Å². The van der Waals surface area contributed by atoms with Crippen molar-refractivity contribution >= 4 is 18.0 Å². The third-order valence-electron chi connectivity index (χ3n) is 2.33. The second kappa shape index (κ2) is 5.43. The fourth-order valence-electron chi connectivity index (χ4n) is 1.54. The van der Waals surface area contributed by atoms with Gasteiger partial charge >= 0.3 is 11.9 Å². The second-order valence-corrected chi connectivity index (χ2v) is 3.71. The normalized spacial score (nSPS) is 13.1. The van der Waals surface area contributed by atoms with E-state index in [4.69, 9.17) is 14.2 Å². The summed E-state index contributed by atoms with van der Waals surface area (Å²) in [5.41, 5.74) is 0.630. The summed E-state index contributed by atoms with van der Waals surface area (Å²) in [5, 5.41) is 0. The molecule has 1 aromatic carbocycles. The van der Waals surface area contributed by atoms with Gasteiger partial charge in [0.05, 0.1) is 7.11 Å². The van der Waals surface area contributed by atoms with Crippen LogP contribution in [-0.2, 0) is 19.1 Å². The molecular formula is C13H12O6. The molecule has 1 aromatic rings. The van der Waals surface area contributed by atoms with Crippen molar-refractivity contribution in [2.24, 2.45) is 0 Å². The molecular weight excluding hydrogens is 252 g/mol. The third kappa shape index (κ3) is 3.04. The minimum Gasteiger partial charge on any atom is -0.463 e. The quantitative estimate of drug-likeness (QED) is 0.468. The molecule has 6 heteroatoms. The zero-order valence-corrected chi connectivity index (χ0v) is 10.5. The first-order chi connectivity index (χ1) is 9.10. The molecule has 0 amide bonds. The van der Waals surface area contributed by atoms with Crippen LogP contribution in [0.3, 0.4) is 0 Å². The number of benzene rings is 1. The van der Waals surface area contributed by atoms with Crippen molar-refractivity contribution in [1.29, 1.82) is 0 Å². The lowest BCUT2D eigenvalue weighted by Gasteiger charge is -2.05. The maximum Gasteiger partial charge on any atom is 0.374 e. The van der Waals surface area contributed by atoms with Gasteiger partial charge in [0.1, 0.15) is 0 Å². The van der Waals surface area contributed by atoms with Crippen LogP contribution in [0.1, 0.15) is 12.5 Å². The molecule has 0 saturated carbocycles. The SMILES string of the molecule is COC(=O)C(=Cc1ccc2c(c1)OCO2)OC(C)=O. The monoisotopic (exact) mass is 264 g/mol. The first-order valence-corrected chi connectivity index (χ1v) is 5.48. The molecule has 0 fully saturated rings. The molecule has 2 rings (SSSR count). The number of methoxy groups -OCH3 is 1. The van der Waals surface area contributed by atoms with E-state index in [0.29, 0.717) is 17.1 Å². The molecule has 19 heavy (non-hydrogen) atoms. The fraction of sp³-hybridized carbons (Fsp3) is 0.231. The molecule has 0 spiro atoms. The van der Waals surface area contributed by atoms with Crippen molar-refractivity contribution in [2.75, 3.05) is 13.9 Å². The van der Waals surface area contributed by atoms with Crippen LogP contribution in [0, 0.1) is 0 Å². The molecule has 1 aliphatic rings. The lowest BCUT2D eigenvalue weighted by atomic mass is 10.2. The average molecular weight is 264 g/mol. The number of fused-ring (bicyclic) bond motifs is 1. The van der Waals surface area contributed by atoms with Crippen LogP contribution < -0.4 is 9.47 Å². The van der Waals surface area contributed by atoms with Gasteiger partial charge in [-0.15, -0.1) is 0 Å². The van der Waals surface area contributed by atoms with Crippen LogP contribution >= 0.6 is 0 Å². The van der Waals surface area contributed by atoms with Crippen molar-refractivity contribution in [2.45, 2.75) is 6.92 Å². The largest absolute Gasteiger partial charge is 0.463 e. The van der Waals surface area contributed by atoms with Gasteiger partial charge in [-0.1, -0.05) is 6.07 Å². The van der Waals surface area contributed by atoms with Gasteiger partial charge in [-0.2, -0.15) is 0 Å². The molecule has 0 aliphatic carbocycles. The molecule has 0 radical (unpaired) electrons. The average Bonchev–Trinajstić information content (AvgIpc) is 2.84. The standard InChI is InChI=1S/C13H12O6/c1-8(14)19-12(13(15)16-2)6-9-3-4-10-11(5-9)18-7-17-10/h3-6H,7H2,1-2H3. The summed E-state index contributed by atoms with van der Waals surface area (Å²) < 4.78 is 19.7. The highest BCUT2D eigenvalue weighted by Crippen LogP contribution is 2.33. The van der Waals surface area contributed by atoms with Gasteiger partial charge in [-0.3, -0.25) is 4.79 Å². The molecule has 1 heterocycles. The summed E-state index contributed by atoms with van der Waals surface area (Å²) >= 11 is 0. The van der Waals surface area contributed by atoms with E-state index in [-0.39, 0.29) is 12.6 Å². The van der Waals surface area contributed by atoms with Crippen LogP contribution in [0.15, 0.2) is 24.0 Å². The Morgan fingerprint density at radius 2 is 2.00 bits per heavy atom. The predicted molar refractivity (Wildman–Crippen MR) is 64.3 cm³/mol. The molecule has 0 bridgehead atoms. The summed E-state index contributed by atoms with van der Waals surface area (Å²) in [4.78, 5) is 22.4. The van der Waals surface area contributed by atoms with Crippen molar-refractivity contribution in [1.82, 2.24) is 0 Å². The summed E-state index contributed by atoms with van der Waals surface area (Å²) in [5.74, 6) is -0.316.